The molecule has 0 amide bonds. The highest BCUT2D eigenvalue weighted by molar-refractivity contribution is 8.18. The van der Waals surface area contributed by atoms with Crippen LogP contribution in [0.5, 0.6) is 0 Å². The monoisotopic (exact) mass is 446 g/mol. The lowest BCUT2D eigenvalue weighted by Crippen LogP contribution is -2.32. The molecular formula is C22H20Cl2N2O2S. The van der Waals surface area contributed by atoms with Crippen molar-refractivity contribution in [3.8, 4) is 0 Å². The molecule has 0 saturated carbocycles. The average molecular weight is 447 g/mol. The topological polar surface area (TPSA) is 52.9 Å². The predicted octanol–water partition coefficient (Wildman–Crippen LogP) is 6.54. The molecular weight excluding hydrogens is 427 g/mol. The number of hydrogen-bond acceptors (Lipinski definition) is 4. The van der Waals surface area contributed by atoms with Gasteiger partial charge in [-0.15, -0.1) is 0 Å². The zero-order valence-electron chi connectivity index (χ0n) is 16.2. The highest BCUT2D eigenvalue weighted by Gasteiger charge is 2.49. The molecule has 7 heteroatoms. The van der Waals surface area contributed by atoms with Crippen molar-refractivity contribution in [3.63, 3.8) is 0 Å². The summed E-state index contributed by atoms with van der Waals surface area (Å²) in [6.07, 6.45) is 0. The first kappa shape index (κ1) is 20.3. The summed E-state index contributed by atoms with van der Waals surface area (Å²) in [7, 11) is 0. The molecule has 2 atom stereocenters. The van der Waals surface area contributed by atoms with Crippen molar-refractivity contribution >= 4 is 46.1 Å². The molecule has 0 radical (unpaired) electrons. The minimum absolute atomic E-state index is 0.165. The second kappa shape index (κ2) is 7.38. The third-order valence-electron chi connectivity index (χ3n) is 5.01. The van der Waals surface area contributed by atoms with E-state index < -0.39 is 5.97 Å². The normalized spacial score (nSPS) is 21.4. The molecule has 150 valence electrons. The Morgan fingerprint density at radius 2 is 1.52 bits per heavy atom. The Kier molecular flexibility index (Phi) is 5.18. The first-order chi connectivity index (χ1) is 13.7. The number of nitrogens with zero attached hydrogens (tertiary/aromatic N) is 2. The maximum absolute atomic E-state index is 12.0. The number of aliphatic imine (C=N–C) groups is 1. The van der Waals surface area contributed by atoms with E-state index in [0.717, 1.165) is 16.8 Å². The third kappa shape index (κ3) is 3.67. The summed E-state index contributed by atoms with van der Waals surface area (Å²) < 4.78 is 0. The third-order valence-corrected chi connectivity index (χ3v) is 6.57. The first-order valence-corrected chi connectivity index (χ1v) is 10.8. The molecule has 0 fully saturated rings. The largest absolute Gasteiger partial charge is 0.477 e. The van der Waals surface area contributed by atoms with Crippen molar-refractivity contribution in [1.82, 2.24) is 4.90 Å². The van der Waals surface area contributed by atoms with E-state index >= 15 is 0 Å². The Labute approximate surface area is 184 Å². The molecule has 2 aromatic rings. The van der Waals surface area contributed by atoms with Gasteiger partial charge in [-0.25, -0.2) is 4.79 Å². The van der Waals surface area contributed by atoms with Crippen molar-refractivity contribution in [2.75, 3.05) is 0 Å². The lowest BCUT2D eigenvalue weighted by molar-refractivity contribution is -0.132. The molecule has 1 N–H and O–H groups in total. The van der Waals surface area contributed by atoms with Crippen LogP contribution in [0.1, 0.15) is 44.0 Å². The Morgan fingerprint density at radius 3 is 2.00 bits per heavy atom. The van der Waals surface area contributed by atoms with E-state index in [0.29, 0.717) is 20.1 Å². The standard InChI is InChI=1S/C22H20Cl2N2O2S/c1-22(2,3)19-18(20(27)28)29-21-25-16(12-4-8-14(23)9-5-12)17(26(19)21)13-6-10-15(24)11-7-13/h4-11,16-17H,1-3H3,(H,27,28). The molecule has 0 bridgehead atoms. The van der Waals surface area contributed by atoms with Crippen LogP contribution in [0.25, 0.3) is 0 Å². The smallest absolute Gasteiger partial charge is 0.344 e. The summed E-state index contributed by atoms with van der Waals surface area (Å²) in [5, 5.41) is 11.9. The van der Waals surface area contributed by atoms with Crippen molar-refractivity contribution in [2.24, 2.45) is 10.4 Å². The Hall–Kier alpha value is -1.95. The molecule has 4 nitrogen and oxygen atoms in total. The van der Waals surface area contributed by atoms with Gasteiger partial charge in [-0.05, 0) is 47.2 Å². The van der Waals surface area contributed by atoms with E-state index in [1.807, 2.05) is 69.3 Å². The van der Waals surface area contributed by atoms with Crippen LogP contribution in [0, 0.1) is 5.41 Å². The van der Waals surface area contributed by atoms with Gasteiger partial charge in [-0.1, -0.05) is 68.2 Å². The van der Waals surface area contributed by atoms with Crippen molar-refractivity contribution in [2.45, 2.75) is 32.9 Å². The minimum atomic E-state index is -0.921. The van der Waals surface area contributed by atoms with Gasteiger partial charge in [-0.2, -0.15) is 0 Å². The number of carboxylic acids is 1. The number of thioether (sulfide) groups is 1. The molecule has 2 aliphatic rings. The van der Waals surface area contributed by atoms with Crippen molar-refractivity contribution in [3.05, 3.63) is 80.3 Å². The molecule has 0 spiro atoms. The zero-order valence-corrected chi connectivity index (χ0v) is 18.5. The molecule has 0 saturated heterocycles. The Morgan fingerprint density at radius 1 is 1.00 bits per heavy atom. The van der Waals surface area contributed by atoms with Gasteiger partial charge in [0.25, 0.3) is 0 Å². The molecule has 2 heterocycles. The van der Waals surface area contributed by atoms with Gasteiger partial charge in [0.2, 0.25) is 0 Å². The highest BCUT2D eigenvalue weighted by atomic mass is 35.5. The minimum Gasteiger partial charge on any atom is -0.477 e. The molecule has 2 aromatic carbocycles. The lowest BCUT2D eigenvalue weighted by atomic mass is 9.87. The summed E-state index contributed by atoms with van der Waals surface area (Å²) in [6, 6.07) is 15.0. The van der Waals surface area contributed by atoms with Crippen LogP contribution in [0.2, 0.25) is 10.0 Å². The maximum Gasteiger partial charge on any atom is 0.344 e. The van der Waals surface area contributed by atoms with Gasteiger partial charge in [-0.3, -0.25) is 4.99 Å². The Balaban J connectivity index is 1.88. The van der Waals surface area contributed by atoms with Gasteiger partial charge < -0.3 is 10.0 Å². The van der Waals surface area contributed by atoms with E-state index in [-0.39, 0.29) is 17.5 Å². The fourth-order valence-electron chi connectivity index (χ4n) is 3.83. The van der Waals surface area contributed by atoms with Crippen molar-refractivity contribution < 1.29 is 9.90 Å². The van der Waals surface area contributed by atoms with Gasteiger partial charge in [0.1, 0.15) is 10.9 Å². The van der Waals surface area contributed by atoms with E-state index in [9.17, 15) is 9.90 Å². The van der Waals surface area contributed by atoms with E-state index in [1.54, 1.807) is 0 Å². The van der Waals surface area contributed by atoms with Crippen LogP contribution in [0.3, 0.4) is 0 Å². The average Bonchev–Trinajstić information content (AvgIpc) is 3.19. The van der Waals surface area contributed by atoms with Crippen molar-refractivity contribution in [1.29, 1.82) is 0 Å². The lowest BCUT2D eigenvalue weighted by Gasteiger charge is -2.35. The second-order valence-corrected chi connectivity index (χ2v) is 9.96. The van der Waals surface area contributed by atoms with E-state index in [1.165, 1.54) is 11.8 Å². The number of amidine groups is 1. The molecule has 2 aliphatic heterocycles. The second-order valence-electron chi connectivity index (χ2n) is 8.11. The molecule has 0 aliphatic carbocycles. The summed E-state index contributed by atoms with van der Waals surface area (Å²) in [5.74, 6) is -0.921. The molecule has 4 rings (SSSR count). The summed E-state index contributed by atoms with van der Waals surface area (Å²) in [5.41, 5.74) is 2.48. The maximum atomic E-state index is 12.0. The number of carbonyl (C=O) groups is 1. The Bertz CT molecular complexity index is 1020. The number of halogens is 2. The van der Waals surface area contributed by atoms with Gasteiger partial charge in [0, 0.05) is 21.2 Å². The number of aliphatic carboxylic acids is 1. The fourth-order valence-corrected chi connectivity index (χ4v) is 5.32. The van der Waals surface area contributed by atoms with Crippen LogP contribution in [-0.4, -0.2) is 21.1 Å². The SMILES string of the molecule is CC(C)(C)C1=C(C(=O)O)SC2=NC(c3ccc(Cl)cc3)C(c3ccc(Cl)cc3)N21. The summed E-state index contributed by atoms with van der Waals surface area (Å²) in [4.78, 5) is 19.4. The molecule has 2 unspecified atom stereocenters. The number of fused-ring (bicyclic) bond motifs is 1. The van der Waals surface area contributed by atoms with Crippen LogP contribution in [0.4, 0.5) is 0 Å². The zero-order chi connectivity index (χ0) is 20.9. The number of rotatable bonds is 3. The van der Waals surface area contributed by atoms with Gasteiger partial charge in [0.05, 0.1) is 6.04 Å². The number of carboxylic acid groups (broad SMARTS) is 1. The first-order valence-electron chi connectivity index (χ1n) is 9.20. The van der Waals surface area contributed by atoms with Gasteiger partial charge in [0.15, 0.2) is 5.17 Å². The quantitative estimate of drug-likeness (QED) is 0.581. The molecule has 29 heavy (non-hydrogen) atoms. The summed E-state index contributed by atoms with van der Waals surface area (Å²) in [6.45, 7) is 6.09. The number of benzene rings is 2. The van der Waals surface area contributed by atoms with Gasteiger partial charge >= 0.3 is 5.97 Å². The van der Waals surface area contributed by atoms with E-state index in [2.05, 4.69) is 4.90 Å². The van der Waals surface area contributed by atoms with Crippen LogP contribution >= 0.6 is 35.0 Å². The predicted molar refractivity (Wildman–Crippen MR) is 119 cm³/mol. The van der Waals surface area contributed by atoms with Crippen LogP contribution < -0.4 is 0 Å². The summed E-state index contributed by atoms with van der Waals surface area (Å²) >= 11 is 13.4. The number of hydrogen-bond donors (Lipinski definition) is 1. The van der Waals surface area contributed by atoms with Crippen LogP contribution in [-0.2, 0) is 4.79 Å². The van der Waals surface area contributed by atoms with Crippen LogP contribution in [0.15, 0.2) is 64.1 Å². The van der Waals surface area contributed by atoms with E-state index in [4.69, 9.17) is 28.2 Å². The molecule has 0 aromatic heterocycles. The highest BCUT2D eigenvalue weighted by Crippen LogP contribution is 2.55. The number of allylic oxidation sites excluding steroid dienone is 1. The fraction of sp³-hybridized carbons (Fsp3) is 0.273.